The van der Waals surface area contributed by atoms with Gasteiger partial charge in [-0.15, -0.1) is 0 Å². The van der Waals surface area contributed by atoms with E-state index in [1.165, 1.54) is 42.5 Å². The highest BCUT2D eigenvalue weighted by Crippen LogP contribution is 2.41. The van der Waals surface area contributed by atoms with Crippen molar-refractivity contribution >= 4 is 34.9 Å². The second-order valence-electron chi connectivity index (χ2n) is 6.52. The number of Topliss-reactive ketones (excluding diaryl/α,β-unsaturated/α-hetero) is 1. The van der Waals surface area contributed by atoms with E-state index >= 15 is 0 Å². The van der Waals surface area contributed by atoms with Crippen molar-refractivity contribution in [1.29, 1.82) is 0 Å². The van der Waals surface area contributed by atoms with E-state index < -0.39 is 23.5 Å². The van der Waals surface area contributed by atoms with Crippen molar-refractivity contribution in [1.82, 2.24) is 5.16 Å². The van der Waals surface area contributed by atoms with Gasteiger partial charge in [0.15, 0.2) is 5.82 Å². The lowest BCUT2D eigenvalue weighted by Crippen LogP contribution is -2.29. The van der Waals surface area contributed by atoms with Crippen LogP contribution in [0.4, 0.5) is 10.2 Å². The monoisotopic (exact) mass is 412 g/mol. The number of ketones is 1. The van der Waals surface area contributed by atoms with Crippen LogP contribution in [0.3, 0.4) is 0 Å². The lowest BCUT2D eigenvalue weighted by molar-refractivity contribution is -0.132. The van der Waals surface area contributed by atoms with E-state index in [9.17, 15) is 19.1 Å². The van der Waals surface area contributed by atoms with E-state index in [1.54, 1.807) is 19.1 Å². The van der Waals surface area contributed by atoms with Crippen LogP contribution in [0.5, 0.6) is 0 Å². The molecular formula is C21H14ClFN2O4. The normalized spacial score (nSPS) is 18.4. The van der Waals surface area contributed by atoms with E-state index in [-0.39, 0.29) is 17.2 Å². The summed E-state index contributed by atoms with van der Waals surface area (Å²) in [5.41, 5.74) is 0.613. The molecule has 8 heteroatoms. The lowest BCUT2D eigenvalue weighted by atomic mass is 9.95. The summed E-state index contributed by atoms with van der Waals surface area (Å²) in [5, 5.41) is 15.2. The van der Waals surface area contributed by atoms with Crippen molar-refractivity contribution in [3.8, 4) is 0 Å². The van der Waals surface area contributed by atoms with Crippen LogP contribution in [-0.4, -0.2) is 22.0 Å². The first-order valence-corrected chi connectivity index (χ1v) is 9.00. The Bertz CT molecular complexity index is 1140. The Morgan fingerprint density at radius 2 is 1.79 bits per heavy atom. The van der Waals surface area contributed by atoms with Crippen LogP contribution in [0, 0.1) is 12.7 Å². The Kier molecular flexibility index (Phi) is 4.68. The number of aromatic nitrogens is 1. The zero-order valence-electron chi connectivity index (χ0n) is 15.1. The minimum absolute atomic E-state index is 0.120. The SMILES string of the molecule is Cc1cc(N2C(=O)C(=O)C(=C(O)c3ccc(Cl)cc3)[C@@H]2c2ccc(F)cc2)no1. The fourth-order valence-corrected chi connectivity index (χ4v) is 3.39. The maximum Gasteiger partial charge on any atom is 0.301 e. The zero-order chi connectivity index (χ0) is 20.7. The van der Waals surface area contributed by atoms with E-state index in [0.717, 1.165) is 4.90 Å². The minimum Gasteiger partial charge on any atom is -0.507 e. The first kappa shape index (κ1) is 18.9. The minimum atomic E-state index is -1.00. The quantitative estimate of drug-likeness (QED) is 0.391. The molecule has 1 saturated heterocycles. The summed E-state index contributed by atoms with van der Waals surface area (Å²) in [4.78, 5) is 26.8. The number of carbonyl (C=O) groups excluding carboxylic acids is 2. The summed E-state index contributed by atoms with van der Waals surface area (Å²) in [6.07, 6.45) is 0. The van der Waals surface area contributed by atoms with Crippen LogP contribution in [0.2, 0.25) is 5.02 Å². The third kappa shape index (κ3) is 3.30. The first-order valence-electron chi connectivity index (χ1n) is 8.62. The van der Waals surface area contributed by atoms with Crippen molar-refractivity contribution < 1.29 is 23.6 Å². The van der Waals surface area contributed by atoms with Gasteiger partial charge in [-0.05, 0) is 48.9 Å². The molecule has 0 bridgehead atoms. The van der Waals surface area contributed by atoms with E-state index in [1.807, 2.05) is 0 Å². The van der Waals surface area contributed by atoms with Gasteiger partial charge in [0, 0.05) is 16.7 Å². The molecule has 1 aromatic heterocycles. The van der Waals surface area contributed by atoms with E-state index in [0.29, 0.717) is 21.9 Å². The van der Waals surface area contributed by atoms with Crippen LogP contribution in [-0.2, 0) is 9.59 Å². The smallest absolute Gasteiger partial charge is 0.301 e. The van der Waals surface area contributed by atoms with Crippen LogP contribution < -0.4 is 4.90 Å². The average molecular weight is 413 g/mol. The number of aryl methyl sites for hydroxylation is 1. The molecule has 29 heavy (non-hydrogen) atoms. The topological polar surface area (TPSA) is 83.6 Å². The highest BCUT2D eigenvalue weighted by molar-refractivity contribution is 6.51. The van der Waals surface area contributed by atoms with Crippen molar-refractivity contribution in [2.24, 2.45) is 0 Å². The summed E-state index contributed by atoms with van der Waals surface area (Å²) in [6.45, 7) is 1.65. The Labute approximate surface area is 169 Å². The number of amides is 1. The van der Waals surface area contributed by atoms with Crippen LogP contribution in [0.15, 0.2) is 64.7 Å². The Morgan fingerprint density at radius 3 is 2.38 bits per heavy atom. The van der Waals surface area contributed by atoms with Gasteiger partial charge in [0.1, 0.15) is 17.3 Å². The van der Waals surface area contributed by atoms with Gasteiger partial charge < -0.3 is 9.63 Å². The molecular weight excluding hydrogens is 399 g/mol. The first-order chi connectivity index (χ1) is 13.9. The van der Waals surface area contributed by atoms with Crippen LogP contribution in [0.25, 0.3) is 5.76 Å². The third-order valence-electron chi connectivity index (χ3n) is 4.61. The summed E-state index contributed by atoms with van der Waals surface area (Å²) in [5.74, 6) is -2.03. The van der Waals surface area contributed by atoms with Crippen molar-refractivity contribution in [2.75, 3.05) is 4.90 Å². The molecule has 4 rings (SSSR count). The van der Waals surface area contributed by atoms with Gasteiger partial charge in [0.2, 0.25) is 0 Å². The fourth-order valence-electron chi connectivity index (χ4n) is 3.26. The summed E-state index contributed by atoms with van der Waals surface area (Å²) in [7, 11) is 0. The van der Waals surface area contributed by atoms with Gasteiger partial charge in [-0.25, -0.2) is 4.39 Å². The number of anilines is 1. The number of hydrogen-bond acceptors (Lipinski definition) is 5. The third-order valence-corrected chi connectivity index (χ3v) is 4.86. The van der Waals surface area contributed by atoms with Crippen molar-refractivity contribution in [2.45, 2.75) is 13.0 Å². The van der Waals surface area contributed by atoms with Gasteiger partial charge in [-0.1, -0.05) is 28.9 Å². The second-order valence-corrected chi connectivity index (χ2v) is 6.96. The number of aliphatic hydroxyl groups is 1. The Hall–Kier alpha value is -3.45. The number of benzene rings is 2. The number of nitrogens with zero attached hydrogens (tertiary/aromatic N) is 2. The summed E-state index contributed by atoms with van der Waals surface area (Å²) in [6, 6.07) is 12.0. The molecule has 3 aromatic rings. The molecule has 6 nitrogen and oxygen atoms in total. The second kappa shape index (κ2) is 7.18. The molecule has 0 unspecified atom stereocenters. The predicted molar refractivity (Wildman–Crippen MR) is 104 cm³/mol. The molecule has 2 heterocycles. The highest BCUT2D eigenvalue weighted by atomic mass is 35.5. The van der Waals surface area contributed by atoms with Crippen LogP contribution in [0.1, 0.15) is 22.9 Å². The Balaban J connectivity index is 1.93. The Morgan fingerprint density at radius 1 is 1.14 bits per heavy atom. The summed E-state index contributed by atoms with van der Waals surface area (Å²) < 4.78 is 18.5. The molecule has 1 fully saturated rings. The molecule has 146 valence electrons. The summed E-state index contributed by atoms with van der Waals surface area (Å²) >= 11 is 5.89. The molecule has 0 radical (unpaired) electrons. The van der Waals surface area contributed by atoms with Gasteiger partial charge in [0.25, 0.3) is 5.78 Å². The molecule has 0 aliphatic carbocycles. The van der Waals surface area contributed by atoms with Crippen molar-refractivity contribution in [3.63, 3.8) is 0 Å². The van der Waals surface area contributed by atoms with Crippen molar-refractivity contribution in [3.05, 3.63) is 87.9 Å². The standard InChI is InChI=1S/C21H14ClFN2O4/c1-11-10-16(24-29-11)25-18(12-4-8-15(23)9-5-12)17(20(27)21(25)28)19(26)13-2-6-14(22)7-3-13/h2-10,18,26H,1H3/t18-/m0/s1. The molecule has 2 aromatic carbocycles. The molecule has 0 spiro atoms. The number of halogens is 2. The zero-order valence-corrected chi connectivity index (χ0v) is 15.9. The maximum atomic E-state index is 13.5. The molecule has 1 aliphatic heterocycles. The predicted octanol–water partition coefficient (Wildman–Crippen LogP) is 4.40. The largest absolute Gasteiger partial charge is 0.507 e. The van der Waals surface area contributed by atoms with Gasteiger partial charge in [-0.3, -0.25) is 14.5 Å². The molecule has 1 atom stereocenters. The number of hydrogen-bond donors (Lipinski definition) is 1. The maximum absolute atomic E-state index is 13.5. The van der Waals surface area contributed by atoms with Gasteiger partial charge >= 0.3 is 5.91 Å². The fraction of sp³-hybridized carbons (Fsp3) is 0.0952. The highest BCUT2D eigenvalue weighted by Gasteiger charge is 2.48. The number of rotatable bonds is 3. The number of carbonyl (C=O) groups is 2. The molecule has 1 amide bonds. The van der Waals surface area contributed by atoms with Gasteiger partial charge in [-0.2, -0.15) is 0 Å². The average Bonchev–Trinajstić information content (AvgIpc) is 3.24. The lowest BCUT2D eigenvalue weighted by Gasteiger charge is -2.22. The van der Waals surface area contributed by atoms with Crippen LogP contribution >= 0.6 is 11.6 Å². The molecule has 1 N–H and O–H groups in total. The molecule has 1 aliphatic rings. The van der Waals surface area contributed by atoms with Gasteiger partial charge in [0.05, 0.1) is 11.6 Å². The van der Waals surface area contributed by atoms with E-state index in [2.05, 4.69) is 5.16 Å². The van der Waals surface area contributed by atoms with E-state index in [4.69, 9.17) is 16.1 Å². The molecule has 0 saturated carbocycles. The number of aliphatic hydroxyl groups excluding tert-OH is 1.